The van der Waals surface area contributed by atoms with E-state index in [0.29, 0.717) is 46.7 Å². The lowest BCUT2D eigenvalue weighted by atomic mass is 10.0. The average Bonchev–Trinajstić information content (AvgIpc) is 2.49. The normalized spacial score (nSPS) is 11.7. The number of para-hydroxylation sites is 1. The average molecular weight is 338 g/mol. The molecular weight excluding hydrogens is 316 g/mol. The van der Waals surface area contributed by atoms with Gasteiger partial charge in [0.1, 0.15) is 0 Å². The van der Waals surface area contributed by atoms with Gasteiger partial charge in [0, 0.05) is 0 Å². The van der Waals surface area contributed by atoms with E-state index in [1.807, 2.05) is 32.0 Å². The first-order chi connectivity index (χ1) is 11.0. The smallest absolute Gasteiger partial charge is 0.307 e. The Morgan fingerprint density at radius 2 is 1.87 bits per heavy atom. The van der Waals surface area contributed by atoms with Gasteiger partial charge in [-0.25, -0.2) is 0 Å². The van der Waals surface area contributed by atoms with Gasteiger partial charge in [0.15, 0.2) is 11.5 Å². The highest BCUT2D eigenvalue weighted by atomic mass is 28.2. The number of hydrogen-bond acceptors (Lipinski definition) is 4. The molecule has 1 aromatic carbocycles. The second kappa shape index (κ2) is 9.89. The van der Waals surface area contributed by atoms with E-state index < -0.39 is 17.9 Å². The predicted molar refractivity (Wildman–Crippen MR) is 87.0 cm³/mol. The van der Waals surface area contributed by atoms with E-state index in [4.69, 9.17) is 19.7 Å². The molecule has 0 aliphatic rings. The van der Waals surface area contributed by atoms with Crippen molar-refractivity contribution in [3.8, 4) is 11.5 Å². The first-order valence-electron chi connectivity index (χ1n) is 7.56. The monoisotopic (exact) mass is 338 g/mol. The molecule has 1 unspecified atom stereocenters. The van der Waals surface area contributed by atoms with E-state index in [1.54, 1.807) is 0 Å². The highest BCUT2D eigenvalue weighted by molar-refractivity contribution is 6.54. The molecule has 0 spiro atoms. The molecule has 0 saturated heterocycles. The Kier molecular flexibility index (Phi) is 8.18. The molecule has 0 aromatic heterocycles. The Morgan fingerprint density at radius 1 is 1.17 bits per heavy atom. The highest BCUT2D eigenvalue weighted by Crippen LogP contribution is 2.25. The van der Waals surface area contributed by atoms with Crippen LogP contribution >= 0.6 is 0 Å². The third-order valence-electron chi connectivity index (χ3n) is 3.15. The number of rotatable bonds is 11. The lowest BCUT2D eigenvalue weighted by molar-refractivity contribution is -0.148. The second-order valence-corrected chi connectivity index (χ2v) is 6.24. The van der Waals surface area contributed by atoms with Gasteiger partial charge in [0.25, 0.3) is 0 Å². The van der Waals surface area contributed by atoms with Gasteiger partial charge in [-0.05, 0) is 31.5 Å². The summed E-state index contributed by atoms with van der Waals surface area (Å²) in [4.78, 5) is 21.8. The molecule has 2 N–H and O–H groups in total. The van der Waals surface area contributed by atoms with Gasteiger partial charge in [0.05, 0.1) is 35.1 Å². The van der Waals surface area contributed by atoms with Crippen LogP contribution < -0.4 is 14.7 Å². The molecule has 23 heavy (non-hydrogen) atoms. The van der Waals surface area contributed by atoms with Crippen molar-refractivity contribution in [1.29, 1.82) is 0 Å². The van der Waals surface area contributed by atoms with Gasteiger partial charge in [0.2, 0.25) is 0 Å². The number of benzene rings is 1. The Balaban J connectivity index is 2.74. The molecule has 0 aliphatic carbocycles. The van der Waals surface area contributed by atoms with E-state index in [0.717, 1.165) is 5.19 Å². The van der Waals surface area contributed by atoms with Crippen LogP contribution in [0.4, 0.5) is 0 Å². The molecule has 7 heteroatoms. The largest absolute Gasteiger partial charge is 0.490 e. The molecule has 0 saturated carbocycles. The summed E-state index contributed by atoms with van der Waals surface area (Å²) >= 11 is 0. The van der Waals surface area contributed by atoms with Crippen LogP contribution in [-0.2, 0) is 9.59 Å². The number of ether oxygens (including phenoxy) is 2. The molecule has 0 aliphatic heterocycles. The van der Waals surface area contributed by atoms with Gasteiger partial charge >= 0.3 is 11.9 Å². The Bertz CT molecular complexity index is 531. The van der Waals surface area contributed by atoms with Crippen molar-refractivity contribution in [3.63, 3.8) is 0 Å². The number of carbonyl (C=O) groups is 2. The van der Waals surface area contributed by atoms with Crippen molar-refractivity contribution in [3.05, 3.63) is 18.2 Å². The van der Waals surface area contributed by atoms with Crippen molar-refractivity contribution in [2.24, 2.45) is 5.92 Å². The zero-order valence-corrected chi connectivity index (χ0v) is 14.4. The number of carboxylic acids is 2. The first kappa shape index (κ1) is 19.0. The minimum absolute atomic E-state index is 0.324. The third-order valence-corrected chi connectivity index (χ3v) is 4.46. The Morgan fingerprint density at radius 3 is 2.43 bits per heavy atom. The maximum Gasteiger partial charge on any atom is 0.307 e. The summed E-state index contributed by atoms with van der Waals surface area (Å²) < 4.78 is 11.2. The van der Waals surface area contributed by atoms with Crippen LogP contribution in [0.5, 0.6) is 11.5 Å². The number of aliphatic carboxylic acids is 2. The summed E-state index contributed by atoms with van der Waals surface area (Å²) in [6, 6.07) is 6.24. The molecule has 2 radical (unpaired) electrons. The van der Waals surface area contributed by atoms with Crippen LogP contribution in [0.1, 0.15) is 26.7 Å². The van der Waals surface area contributed by atoms with Crippen LogP contribution in [0, 0.1) is 5.92 Å². The molecule has 0 fully saturated rings. The van der Waals surface area contributed by atoms with E-state index in [2.05, 4.69) is 0 Å². The van der Waals surface area contributed by atoms with Crippen LogP contribution in [-0.4, -0.2) is 44.9 Å². The van der Waals surface area contributed by atoms with E-state index >= 15 is 0 Å². The van der Waals surface area contributed by atoms with Crippen molar-refractivity contribution < 1.29 is 29.3 Å². The van der Waals surface area contributed by atoms with E-state index in [9.17, 15) is 9.59 Å². The standard InChI is InChI=1S/C16H22O6Si/c1-3-21-12-6-5-7-13(15(12)22-4-2)23-9-8-11(16(19)20)10-14(17)18/h5-7,11H,3-4,8-10H2,1-2H3,(H,17,18)(H,19,20). The predicted octanol–water partition coefficient (Wildman–Crippen LogP) is 1.80. The van der Waals surface area contributed by atoms with Crippen molar-refractivity contribution in [2.75, 3.05) is 13.2 Å². The maximum absolute atomic E-state index is 11.1. The Labute approximate surface area is 138 Å². The number of carboxylic acid groups (broad SMARTS) is 2. The summed E-state index contributed by atoms with van der Waals surface area (Å²) in [7, 11) is 0.335. The lowest BCUT2D eigenvalue weighted by Crippen LogP contribution is -2.22. The summed E-state index contributed by atoms with van der Waals surface area (Å²) in [5.74, 6) is -1.63. The fourth-order valence-electron chi connectivity index (χ4n) is 2.12. The van der Waals surface area contributed by atoms with Crippen LogP contribution in [0.25, 0.3) is 0 Å². The molecule has 0 heterocycles. The van der Waals surface area contributed by atoms with Crippen LogP contribution in [0.2, 0.25) is 6.04 Å². The molecule has 1 rings (SSSR count). The minimum Gasteiger partial charge on any atom is -0.490 e. The summed E-state index contributed by atoms with van der Waals surface area (Å²) in [5, 5.41) is 18.8. The van der Waals surface area contributed by atoms with E-state index in [-0.39, 0.29) is 6.42 Å². The molecule has 126 valence electrons. The molecular formula is C16H22O6Si. The van der Waals surface area contributed by atoms with Gasteiger partial charge in [-0.2, -0.15) is 0 Å². The molecule has 1 atom stereocenters. The summed E-state index contributed by atoms with van der Waals surface area (Å²) in [6.07, 6.45) is -0.0262. The SMILES string of the molecule is CCOc1cccc([Si]CCC(CC(=O)O)C(=O)O)c1OCC. The topological polar surface area (TPSA) is 93.1 Å². The zero-order chi connectivity index (χ0) is 17.2. The molecule has 6 nitrogen and oxygen atoms in total. The second-order valence-electron chi connectivity index (χ2n) is 4.85. The number of hydrogen-bond donors (Lipinski definition) is 2. The molecule has 0 amide bonds. The van der Waals surface area contributed by atoms with Crippen LogP contribution in [0.15, 0.2) is 18.2 Å². The van der Waals surface area contributed by atoms with Gasteiger partial charge in [-0.15, -0.1) is 0 Å². The van der Waals surface area contributed by atoms with Crippen molar-refractivity contribution in [1.82, 2.24) is 0 Å². The van der Waals surface area contributed by atoms with Gasteiger partial charge in [-0.3, -0.25) is 9.59 Å². The molecule has 1 aromatic rings. The first-order valence-corrected chi connectivity index (χ1v) is 8.77. The summed E-state index contributed by atoms with van der Waals surface area (Å²) in [6.45, 7) is 4.83. The van der Waals surface area contributed by atoms with Crippen molar-refractivity contribution >= 4 is 26.6 Å². The third kappa shape index (κ3) is 6.31. The van der Waals surface area contributed by atoms with Crippen molar-refractivity contribution in [2.45, 2.75) is 32.7 Å². The Hall–Kier alpha value is -2.02. The fourth-order valence-corrected chi connectivity index (χ4v) is 3.45. The zero-order valence-electron chi connectivity index (χ0n) is 13.4. The lowest BCUT2D eigenvalue weighted by Gasteiger charge is -2.15. The highest BCUT2D eigenvalue weighted by Gasteiger charge is 2.21. The summed E-state index contributed by atoms with van der Waals surface area (Å²) in [5.41, 5.74) is 0. The minimum atomic E-state index is -1.09. The van der Waals surface area contributed by atoms with Crippen LogP contribution in [0.3, 0.4) is 0 Å². The van der Waals surface area contributed by atoms with Gasteiger partial charge in [-0.1, -0.05) is 18.2 Å². The maximum atomic E-state index is 11.1. The fraction of sp³-hybridized carbons (Fsp3) is 0.500. The van der Waals surface area contributed by atoms with E-state index in [1.165, 1.54) is 0 Å². The van der Waals surface area contributed by atoms with Gasteiger partial charge < -0.3 is 19.7 Å². The quantitative estimate of drug-likeness (QED) is 0.598. The molecule has 0 bridgehead atoms.